The van der Waals surface area contributed by atoms with Crippen LogP contribution in [0.3, 0.4) is 0 Å². The van der Waals surface area contributed by atoms with E-state index >= 15 is 0 Å². The fourth-order valence-electron chi connectivity index (χ4n) is 3.15. The zero-order valence-corrected chi connectivity index (χ0v) is 12.5. The quantitative estimate of drug-likeness (QED) is 0.833. The third-order valence-corrected chi connectivity index (χ3v) is 4.28. The second-order valence-electron chi connectivity index (χ2n) is 5.68. The Morgan fingerprint density at radius 1 is 1.09 bits per heavy atom. The molecule has 4 rings (SSSR count). The summed E-state index contributed by atoms with van der Waals surface area (Å²) < 4.78 is 0. The normalized spacial score (nSPS) is 16.1. The molecule has 3 nitrogen and oxygen atoms in total. The summed E-state index contributed by atoms with van der Waals surface area (Å²) in [5.41, 5.74) is 4.41. The Labute approximate surface area is 134 Å². The first kappa shape index (κ1) is 13.7. The number of rotatable bonds is 2. The minimum absolute atomic E-state index is 0.00722. The molecule has 0 saturated heterocycles. The molecule has 2 aliphatic rings. The van der Waals surface area contributed by atoms with Crippen LogP contribution in [0.2, 0.25) is 0 Å². The van der Waals surface area contributed by atoms with Crippen molar-refractivity contribution in [2.75, 3.05) is 0 Å². The van der Waals surface area contributed by atoms with Gasteiger partial charge in [0.15, 0.2) is 5.78 Å². The molecule has 1 N–H and O–H groups in total. The van der Waals surface area contributed by atoms with E-state index < -0.39 is 0 Å². The molecule has 0 heterocycles. The summed E-state index contributed by atoms with van der Waals surface area (Å²) in [4.78, 5) is 16.8. The van der Waals surface area contributed by atoms with E-state index in [9.17, 15) is 9.90 Å². The number of hydrogen-bond donors (Lipinski definition) is 1. The van der Waals surface area contributed by atoms with E-state index in [0.717, 1.165) is 29.7 Å². The summed E-state index contributed by atoms with van der Waals surface area (Å²) in [5, 5.41) is 10.6. The average Bonchev–Trinajstić information content (AvgIpc) is 2.89. The second-order valence-corrected chi connectivity index (χ2v) is 5.68. The maximum Gasteiger partial charge on any atom is 0.194 e. The van der Waals surface area contributed by atoms with Crippen molar-refractivity contribution < 1.29 is 9.90 Å². The molecule has 0 unspecified atom stereocenters. The van der Waals surface area contributed by atoms with Crippen LogP contribution in [0.5, 0.6) is 5.75 Å². The number of allylic oxidation sites excluding steroid dienone is 4. The monoisotopic (exact) mass is 301 g/mol. The van der Waals surface area contributed by atoms with Crippen LogP contribution >= 0.6 is 0 Å². The molecule has 2 aromatic rings. The van der Waals surface area contributed by atoms with Gasteiger partial charge >= 0.3 is 0 Å². The Bertz CT molecular complexity index is 889. The number of aliphatic imine (C=N–C) groups is 1. The van der Waals surface area contributed by atoms with Gasteiger partial charge < -0.3 is 5.11 Å². The summed E-state index contributed by atoms with van der Waals surface area (Å²) in [7, 11) is 0. The number of ketones is 1. The van der Waals surface area contributed by atoms with Crippen LogP contribution in [-0.4, -0.2) is 17.1 Å². The van der Waals surface area contributed by atoms with Crippen molar-refractivity contribution in [1.29, 1.82) is 0 Å². The molecule has 0 radical (unpaired) electrons. The van der Waals surface area contributed by atoms with Gasteiger partial charge in [0.1, 0.15) is 5.75 Å². The number of carbonyl (C=O) groups is 1. The van der Waals surface area contributed by atoms with Crippen molar-refractivity contribution in [1.82, 2.24) is 0 Å². The molecular formula is C20H15NO2. The molecule has 0 atom stereocenters. The van der Waals surface area contributed by atoms with Crippen LogP contribution in [0.1, 0.15) is 34.3 Å². The van der Waals surface area contributed by atoms with E-state index in [1.165, 1.54) is 0 Å². The summed E-state index contributed by atoms with van der Waals surface area (Å²) in [6, 6.07) is 13.1. The molecule has 0 aliphatic heterocycles. The topological polar surface area (TPSA) is 49.7 Å². The van der Waals surface area contributed by atoms with Gasteiger partial charge in [-0.1, -0.05) is 30.4 Å². The lowest BCUT2D eigenvalue weighted by Gasteiger charge is -2.11. The number of Topliss-reactive ketones (excluding diaryl/α,β-unsaturated/α-hetero) is 1. The molecule has 23 heavy (non-hydrogen) atoms. The maximum atomic E-state index is 12.4. The molecule has 112 valence electrons. The average molecular weight is 301 g/mol. The van der Waals surface area contributed by atoms with Crippen LogP contribution in [-0.2, 0) is 0 Å². The highest BCUT2D eigenvalue weighted by atomic mass is 16.3. The van der Waals surface area contributed by atoms with E-state index in [4.69, 9.17) is 0 Å². The molecule has 0 aromatic heterocycles. The molecular weight excluding hydrogens is 286 g/mol. The SMILES string of the molecule is O=C1C2=C(CCC=C2)c2c1ccc(C=Nc1ccccc1)c2O. The highest BCUT2D eigenvalue weighted by Gasteiger charge is 2.31. The zero-order valence-electron chi connectivity index (χ0n) is 12.5. The van der Waals surface area contributed by atoms with Gasteiger partial charge in [-0.2, -0.15) is 0 Å². The van der Waals surface area contributed by atoms with Crippen LogP contribution < -0.4 is 0 Å². The molecule has 0 saturated carbocycles. The third-order valence-electron chi connectivity index (χ3n) is 4.28. The zero-order chi connectivity index (χ0) is 15.8. The minimum atomic E-state index is 0.00722. The predicted molar refractivity (Wildman–Crippen MR) is 91.4 cm³/mol. The Morgan fingerprint density at radius 3 is 2.74 bits per heavy atom. The van der Waals surface area contributed by atoms with Gasteiger partial charge in [-0.15, -0.1) is 0 Å². The van der Waals surface area contributed by atoms with Crippen LogP contribution in [0, 0.1) is 0 Å². The highest BCUT2D eigenvalue weighted by molar-refractivity contribution is 6.23. The molecule has 0 amide bonds. The summed E-state index contributed by atoms with van der Waals surface area (Å²) in [6.45, 7) is 0. The first-order chi connectivity index (χ1) is 11.3. The number of fused-ring (bicyclic) bond motifs is 2. The van der Waals surface area contributed by atoms with E-state index in [-0.39, 0.29) is 11.5 Å². The molecule has 0 fully saturated rings. The molecule has 0 bridgehead atoms. The Balaban J connectivity index is 1.78. The lowest BCUT2D eigenvalue weighted by molar-refractivity contribution is 0.104. The maximum absolute atomic E-state index is 12.4. The summed E-state index contributed by atoms with van der Waals surface area (Å²) in [5.74, 6) is 0.156. The summed E-state index contributed by atoms with van der Waals surface area (Å²) in [6.07, 6.45) is 7.22. The van der Waals surface area contributed by atoms with Gasteiger partial charge in [0, 0.05) is 28.5 Å². The van der Waals surface area contributed by atoms with Gasteiger partial charge in [-0.3, -0.25) is 9.79 Å². The van der Waals surface area contributed by atoms with Crippen LogP contribution in [0.15, 0.2) is 65.2 Å². The number of phenols is 1. The third kappa shape index (κ3) is 2.21. The number of phenolic OH excluding ortho intramolecular Hbond substituents is 1. The van der Waals surface area contributed by atoms with E-state index in [1.54, 1.807) is 18.3 Å². The smallest absolute Gasteiger partial charge is 0.194 e. The van der Waals surface area contributed by atoms with Crippen LogP contribution in [0.25, 0.3) is 5.57 Å². The number of hydrogen-bond acceptors (Lipinski definition) is 3. The highest BCUT2D eigenvalue weighted by Crippen LogP contribution is 2.44. The first-order valence-corrected chi connectivity index (χ1v) is 7.65. The van der Waals surface area contributed by atoms with Gasteiger partial charge in [-0.25, -0.2) is 0 Å². The molecule has 2 aliphatic carbocycles. The van der Waals surface area contributed by atoms with Gasteiger partial charge in [-0.05, 0) is 42.7 Å². The Kier molecular flexibility index (Phi) is 3.19. The number of aromatic hydroxyl groups is 1. The van der Waals surface area contributed by atoms with Crippen molar-refractivity contribution in [3.8, 4) is 5.75 Å². The molecule has 2 aromatic carbocycles. The fourth-order valence-corrected chi connectivity index (χ4v) is 3.15. The van der Waals surface area contributed by atoms with Crippen molar-refractivity contribution in [2.24, 2.45) is 4.99 Å². The number of nitrogens with zero attached hydrogens (tertiary/aromatic N) is 1. The summed E-state index contributed by atoms with van der Waals surface area (Å²) >= 11 is 0. The second kappa shape index (κ2) is 5.36. The van der Waals surface area contributed by atoms with Gasteiger partial charge in [0.05, 0.1) is 5.69 Å². The lowest BCUT2D eigenvalue weighted by Crippen LogP contribution is -1.97. The van der Waals surface area contributed by atoms with Crippen LogP contribution in [0.4, 0.5) is 5.69 Å². The van der Waals surface area contributed by atoms with Crippen molar-refractivity contribution >= 4 is 23.3 Å². The number of benzene rings is 2. The standard InChI is InChI=1S/C20H15NO2/c22-19-13(12-21-14-6-2-1-3-7-14)10-11-17-18(19)15-8-4-5-9-16(15)20(17)23/h1-3,5-7,9-12,22H,4,8H2. The predicted octanol–water partition coefficient (Wildman–Crippen LogP) is 4.44. The molecule has 3 heteroatoms. The lowest BCUT2D eigenvalue weighted by atomic mass is 9.95. The Hall–Kier alpha value is -2.94. The van der Waals surface area contributed by atoms with Crippen molar-refractivity contribution in [3.63, 3.8) is 0 Å². The largest absolute Gasteiger partial charge is 0.507 e. The van der Waals surface area contributed by atoms with Crippen molar-refractivity contribution in [3.05, 3.63) is 76.9 Å². The minimum Gasteiger partial charge on any atom is -0.507 e. The fraction of sp³-hybridized carbons (Fsp3) is 0.100. The molecule has 0 spiro atoms. The first-order valence-electron chi connectivity index (χ1n) is 7.65. The van der Waals surface area contributed by atoms with Crippen molar-refractivity contribution in [2.45, 2.75) is 12.8 Å². The van der Waals surface area contributed by atoms with Gasteiger partial charge in [0.25, 0.3) is 0 Å². The van der Waals surface area contributed by atoms with E-state index in [0.29, 0.717) is 16.7 Å². The number of carbonyl (C=O) groups excluding carboxylic acids is 1. The van der Waals surface area contributed by atoms with E-state index in [1.807, 2.05) is 42.5 Å². The van der Waals surface area contributed by atoms with E-state index in [2.05, 4.69) is 4.99 Å². The van der Waals surface area contributed by atoms with Gasteiger partial charge in [0.2, 0.25) is 0 Å². The number of para-hydroxylation sites is 1. The Morgan fingerprint density at radius 2 is 1.91 bits per heavy atom.